The lowest BCUT2D eigenvalue weighted by atomic mass is 9.71. The summed E-state index contributed by atoms with van der Waals surface area (Å²) < 4.78 is 23.2. The Kier molecular flexibility index (Phi) is 16.1. The second kappa shape index (κ2) is 22.6. The van der Waals surface area contributed by atoms with E-state index in [1.807, 2.05) is 79.7 Å². The standard InChI is InChI=1S/C58H70FN9O8S/c1-36-49(77-35-62-36)40-16-17-41(32-61-52(72)45-30-43(69)34-68(45)54(74)50(56(2,3)4)64-55(75)57(59)24-25-57)46(29-40)76-28-7-9-48(70)63-42-18-12-37(13-19-42)31-60-51(71)44-20-21-47-58(22-8-23-58)66(26-27-67(44)47)33-38-10-14-39(15-11-38)53(73)65(5)6/h10-21,29,35,43,45,50,69H,7-9,22-28,30-34H2,1-6H3,(H,60,71)(H,61,72)(H,63,70)(H,64,75)/t43-,45+,50-/m1/s1. The van der Waals surface area contributed by atoms with E-state index in [2.05, 4.69) is 41.8 Å². The zero-order chi connectivity index (χ0) is 54.8. The second-order valence-electron chi connectivity index (χ2n) is 22.3. The number of aryl methyl sites for hydroxylation is 1. The number of fused-ring (bicyclic) bond motifs is 2. The molecule has 2 aromatic heterocycles. The quantitative estimate of drug-likeness (QED) is 0.0544. The summed E-state index contributed by atoms with van der Waals surface area (Å²) in [6.45, 7) is 9.85. The second-order valence-corrected chi connectivity index (χ2v) is 23.1. The number of β-amino-alcohol motifs (C(OH)–C–C–N with tert-alkyl or cyclic N) is 1. The summed E-state index contributed by atoms with van der Waals surface area (Å²) in [4.78, 5) is 90.5. The van der Waals surface area contributed by atoms with Gasteiger partial charge in [-0.05, 0) is 110 Å². The van der Waals surface area contributed by atoms with Gasteiger partial charge < -0.3 is 45.5 Å². The molecule has 0 bridgehead atoms. The molecule has 3 fully saturated rings. The van der Waals surface area contributed by atoms with Crippen molar-refractivity contribution in [2.45, 2.75) is 135 Å². The Morgan fingerprint density at radius 3 is 2.29 bits per heavy atom. The molecule has 0 radical (unpaired) electrons. The third kappa shape index (κ3) is 12.1. The van der Waals surface area contributed by atoms with Crippen LogP contribution in [0.15, 0.2) is 84.4 Å². The van der Waals surface area contributed by atoms with Crippen molar-refractivity contribution in [3.8, 4) is 16.2 Å². The predicted octanol–water partition coefficient (Wildman–Crippen LogP) is 6.86. The summed E-state index contributed by atoms with van der Waals surface area (Å²) in [7, 11) is 3.50. The number of hydrogen-bond donors (Lipinski definition) is 5. The Morgan fingerprint density at radius 2 is 1.64 bits per heavy atom. The molecular weight excluding hydrogens is 1000 g/mol. The van der Waals surface area contributed by atoms with Crippen molar-refractivity contribution in [2.75, 3.05) is 39.1 Å². The summed E-state index contributed by atoms with van der Waals surface area (Å²) >= 11 is 1.49. The number of likely N-dealkylation sites (tertiary alicyclic amines) is 1. The van der Waals surface area contributed by atoms with Crippen LogP contribution < -0.4 is 26.0 Å². The Labute approximate surface area is 452 Å². The molecule has 1 saturated heterocycles. The fourth-order valence-corrected chi connectivity index (χ4v) is 11.4. The lowest BCUT2D eigenvalue weighted by Gasteiger charge is -2.53. The zero-order valence-electron chi connectivity index (χ0n) is 44.7. The highest BCUT2D eigenvalue weighted by molar-refractivity contribution is 7.13. The van der Waals surface area contributed by atoms with E-state index < -0.39 is 47.0 Å². The molecule has 19 heteroatoms. The van der Waals surface area contributed by atoms with Crippen LogP contribution in [-0.2, 0) is 50.9 Å². The summed E-state index contributed by atoms with van der Waals surface area (Å²) in [6.07, 6.45) is 2.92. The number of nitrogens with one attached hydrogen (secondary N) is 4. The number of ether oxygens (including phenoxy) is 1. The zero-order valence-corrected chi connectivity index (χ0v) is 45.6. The van der Waals surface area contributed by atoms with Crippen LogP contribution >= 0.6 is 11.3 Å². The monoisotopic (exact) mass is 1070 g/mol. The summed E-state index contributed by atoms with van der Waals surface area (Å²) in [6, 6.07) is 22.7. The van der Waals surface area contributed by atoms with E-state index in [0.717, 1.165) is 59.6 Å². The van der Waals surface area contributed by atoms with Gasteiger partial charge in [0.2, 0.25) is 17.7 Å². The molecule has 77 heavy (non-hydrogen) atoms. The van der Waals surface area contributed by atoms with E-state index in [1.54, 1.807) is 45.3 Å². The topological polar surface area (TPSA) is 208 Å². The van der Waals surface area contributed by atoms with E-state index in [9.17, 15) is 38.3 Å². The van der Waals surface area contributed by atoms with Crippen LogP contribution in [0.1, 0.15) is 121 Å². The molecule has 408 valence electrons. The smallest absolute Gasteiger partial charge is 0.268 e. The molecule has 4 heterocycles. The maximum absolute atomic E-state index is 14.7. The van der Waals surface area contributed by atoms with Gasteiger partial charge in [0, 0.05) is 88.7 Å². The number of aliphatic hydroxyl groups excluding tert-OH is 1. The maximum atomic E-state index is 14.7. The van der Waals surface area contributed by atoms with Gasteiger partial charge in [-0.2, -0.15) is 0 Å². The van der Waals surface area contributed by atoms with E-state index in [1.165, 1.54) is 21.9 Å². The van der Waals surface area contributed by atoms with Gasteiger partial charge in [0.15, 0.2) is 5.67 Å². The summed E-state index contributed by atoms with van der Waals surface area (Å²) in [5.41, 5.74) is 6.33. The van der Waals surface area contributed by atoms with Crippen molar-refractivity contribution in [3.05, 3.63) is 124 Å². The first kappa shape index (κ1) is 54.8. The molecule has 2 saturated carbocycles. The molecule has 6 amide bonds. The molecule has 3 atom stereocenters. The van der Waals surface area contributed by atoms with Gasteiger partial charge in [0.25, 0.3) is 17.7 Å². The molecule has 4 aliphatic rings. The van der Waals surface area contributed by atoms with Crippen molar-refractivity contribution in [2.24, 2.45) is 5.41 Å². The molecule has 1 spiro atoms. The number of amides is 6. The first-order valence-corrected chi connectivity index (χ1v) is 27.5. The Morgan fingerprint density at radius 1 is 0.909 bits per heavy atom. The third-order valence-corrected chi connectivity index (χ3v) is 16.4. The van der Waals surface area contributed by atoms with Gasteiger partial charge in [-0.25, -0.2) is 9.37 Å². The highest BCUT2D eigenvalue weighted by atomic mass is 32.1. The SMILES string of the molecule is Cc1ncsc1-c1ccc(CNC(=O)[C@@H]2C[C@@H](O)CN2C(=O)[C@@H](NC(=O)C2(F)CC2)C(C)(C)C)c(OCCCC(=O)Nc2ccc(CNC(=O)c3ccc4n3CCN(Cc3ccc(C(=O)N(C)C)cc3)C43CCC3)cc2)c1. The minimum absolute atomic E-state index is 0.00715. The maximum Gasteiger partial charge on any atom is 0.268 e. The summed E-state index contributed by atoms with van der Waals surface area (Å²) in [5, 5.41) is 22.2. The Balaban J connectivity index is 0.757. The molecule has 0 unspecified atom stereocenters. The van der Waals surface area contributed by atoms with Crippen molar-refractivity contribution < 1.29 is 43.0 Å². The predicted molar refractivity (Wildman–Crippen MR) is 291 cm³/mol. The number of carbonyl (C=O) groups is 6. The van der Waals surface area contributed by atoms with Crippen molar-refractivity contribution in [1.29, 1.82) is 0 Å². The van der Waals surface area contributed by atoms with Crippen molar-refractivity contribution in [1.82, 2.24) is 40.2 Å². The first-order chi connectivity index (χ1) is 36.7. The lowest BCUT2D eigenvalue weighted by Crippen LogP contribution is -2.59. The first-order valence-electron chi connectivity index (χ1n) is 26.6. The normalized spacial score (nSPS) is 18.6. The van der Waals surface area contributed by atoms with Crippen molar-refractivity contribution in [3.63, 3.8) is 0 Å². The van der Waals surface area contributed by atoms with Gasteiger partial charge in [0.05, 0.1) is 34.3 Å². The number of halogens is 1. The highest BCUT2D eigenvalue weighted by Gasteiger charge is 2.54. The van der Waals surface area contributed by atoms with Crippen molar-refractivity contribution >= 4 is 52.5 Å². The highest BCUT2D eigenvalue weighted by Crippen LogP contribution is 2.49. The number of alkyl halides is 1. The molecule has 5 N–H and O–H groups in total. The minimum atomic E-state index is -1.99. The van der Waals surface area contributed by atoms with Crippen LogP contribution in [0.4, 0.5) is 10.1 Å². The molecule has 2 aliphatic heterocycles. The average Bonchev–Trinajstić information content (AvgIpc) is 3.82. The Hall–Kier alpha value is -6.96. The molecule has 17 nitrogen and oxygen atoms in total. The Bertz CT molecular complexity index is 3010. The van der Waals surface area contributed by atoms with Crippen LogP contribution in [0.5, 0.6) is 5.75 Å². The third-order valence-electron chi connectivity index (χ3n) is 15.4. The number of aromatic nitrogens is 2. The molecule has 2 aliphatic carbocycles. The van der Waals surface area contributed by atoms with Crippen LogP contribution in [0.3, 0.4) is 0 Å². The van der Waals surface area contributed by atoms with E-state index in [-0.39, 0.29) is 68.6 Å². The van der Waals surface area contributed by atoms with Crippen LogP contribution in [0.2, 0.25) is 0 Å². The van der Waals surface area contributed by atoms with Gasteiger partial charge in [-0.3, -0.25) is 33.7 Å². The van der Waals surface area contributed by atoms with E-state index >= 15 is 0 Å². The van der Waals surface area contributed by atoms with Crippen LogP contribution in [0, 0.1) is 12.3 Å². The number of hydrogen-bond acceptors (Lipinski definition) is 11. The van der Waals surface area contributed by atoms with E-state index in [0.29, 0.717) is 47.8 Å². The number of rotatable bonds is 19. The number of nitrogens with zero attached hydrogens (tertiary/aromatic N) is 5. The van der Waals surface area contributed by atoms with Gasteiger partial charge in [-0.15, -0.1) is 11.3 Å². The molecule has 9 rings (SSSR count). The van der Waals surface area contributed by atoms with Gasteiger partial charge in [0.1, 0.15) is 23.5 Å². The van der Waals surface area contributed by atoms with Crippen LogP contribution in [-0.4, -0.2) is 122 Å². The van der Waals surface area contributed by atoms with E-state index in [4.69, 9.17) is 4.74 Å². The average molecular weight is 1070 g/mol. The molecule has 5 aromatic rings. The van der Waals surface area contributed by atoms with Gasteiger partial charge >= 0.3 is 0 Å². The molecule has 3 aromatic carbocycles. The fraction of sp³-hybridized carbons (Fsp3) is 0.466. The number of thiazole rings is 1. The lowest BCUT2D eigenvalue weighted by molar-refractivity contribution is -0.145. The molecular formula is C58H70FN9O8S. The summed E-state index contributed by atoms with van der Waals surface area (Å²) in [5.74, 6) is -1.78. The number of aliphatic hydroxyl groups is 1. The number of benzene rings is 3. The number of carbonyl (C=O) groups excluding carboxylic acids is 6. The van der Waals surface area contributed by atoms with Crippen LogP contribution in [0.25, 0.3) is 10.4 Å². The largest absolute Gasteiger partial charge is 0.493 e. The van der Waals surface area contributed by atoms with Gasteiger partial charge in [-0.1, -0.05) is 57.2 Å². The number of anilines is 1. The minimum Gasteiger partial charge on any atom is -0.493 e. The fourth-order valence-electron chi connectivity index (χ4n) is 10.6.